The first-order valence-corrected chi connectivity index (χ1v) is 10.4. The summed E-state index contributed by atoms with van der Waals surface area (Å²) in [6.07, 6.45) is 8.21. The van der Waals surface area contributed by atoms with E-state index in [0.717, 1.165) is 41.0 Å². The lowest BCUT2D eigenvalue weighted by Gasteiger charge is -2.35. The van der Waals surface area contributed by atoms with E-state index in [1.165, 1.54) is 0 Å². The number of ether oxygens (including phenoxy) is 1. The molecule has 3 aliphatic heterocycles. The SMILES string of the molecule is COC1=C2CC(NC(=O)N3CCC(C)(O)CC3)=NC2=C(C2=CN(C)C(O)C=C2)CC1. The minimum atomic E-state index is -0.698. The number of rotatable bonds is 2. The van der Waals surface area contributed by atoms with Gasteiger partial charge in [-0.05, 0) is 43.4 Å². The van der Waals surface area contributed by atoms with Gasteiger partial charge in [0.05, 0.1) is 18.4 Å². The normalized spacial score (nSPS) is 25.8. The molecule has 8 nitrogen and oxygen atoms in total. The number of piperidine rings is 1. The first kappa shape index (κ1) is 20.7. The Morgan fingerprint density at radius 1 is 1.30 bits per heavy atom. The Bertz CT molecular complexity index is 887. The van der Waals surface area contributed by atoms with E-state index in [1.54, 1.807) is 23.0 Å². The van der Waals surface area contributed by atoms with E-state index in [-0.39, 0.29) is 6.03 Å². The number of allylic oxidation sites excluding steroid dienone is 5. The second kappa shape index (κ2) is 7.92. The fourth-order valence-electron chi connectivity index (χ4n) is 4.30. The largest absolute Gasteiger partial charge is 0.501 e. The summed E-state index contributed by atoms with van der Waals surface area (Å²) in [5.41, 5.74) is 3.28. The Morgan fingerprint density at radius 2 is 2.03 bits per heavy atom. The van der Waals surface area contributed by atoms with Crippen LogP contribution in [-0.4, -0.2) is 71.0 Å². The highest BCUT2D eigenvalue weighted by Crippen LogP contribution is 2.41. The molecule has 2 amide bonds. The van der Waals surface area contributed by atoms with Crippen molar-refractivity contribution >= 4 is 11.9 Å². The van der Waals surface area contributed by atoms with Crippen molar-refractivity contribution < 1.29 is 19.7 Å². The highest BCUT2D eigenvalue weighted by Gasteiger charge is 2.33. The van der Waals surface area contributed by atoms with Crippen LogP contribution in [0.25, 0.3) is 0 Å². The van der Waals surface area contributed by atoms with Gasteiger partial charge < -0.3 is 24.7 Å². The molecule has 0 aromatic carbocycles. The molecule has 0 spiro atoms. The third kappa shape index (κ3) is 4.02. The van der Waals surface area contributed by atoms with E-state index in [9.17, 15) is 15.0 Å². The second-order valence-electron chi connectivity index (χ2n) is 8.61. The average molecular weight is 415 g/mol. The van der Waals surface area contributed by atoms with E-state index >= 15 is 0 Å². The summed E-state index contributed by atoms with van der Waals surface area (Å²) in [5.74, 6) is 1.52. The number of carbonyl (C=O) groups is 1. The number of aliphatic hydroxyl groups excluding tert-OH is 1. The second-order valence-corrected chi connectivity index (χ2v) is 8.61. The topological polar surface area (TPSA) is 97.6 Å². The smallest absolute Gasteiger partial charge is 0.322 e. The molecular formula is C22H30N4O4. The van der Waals surface area contributed by atoms with E-state index in [2.05, 4.69) is 5.32 Å². The van der Waals surface area contributed by atoms with Crippen LogP contribution in [0.15, 0.2) is 51.5 Å². The van der Waals surface area contributed by atoms with Crippen molar-refractivity contribution in [2.45, 2.75) is 50.9 Å². The lowest BCUT2D eigenvalue weighted by Crippen LogP contribution is -2.49. The maximum absolute atomic E-state index is 12.7. The lowest BCUT2D eigenvalue weighted by atomic mass is 9.89. The third-order valence-electron chi connectivity index (χ3n) is 6.28. The van der Waals surface area contributed by atoms with E-state index in [0.29, 0.717) is 38.2 Å². The van der Waals surface area contributed by atoms with Crippen molar-refractivity contribution in [3.8, 4) is 0 Å². The number of urea groups is 1. The zero-order valence-electron chi connectivity index (χ0n) is 17.8. The van der Waals surface area contributed by atoms with Crippen molar-refractivity contribution in [2.24, 2.45) is 4.99 Å². The molecule has 3 N–H and O–H groups in total. The number of nitrogens with one attached hydrogen (secondary N) is 1. The van der Waals surface area contributed by atoms with Gasteiger partial charge in [-0.1, -0.05) is 6.08 Å². The zero-order chi connectivity index (χ0) is 21.5. The zero-order valence-corrected chi connectivity index (χ0v) is 17.8. The Kier molecular flexibility index (Phi) is 5.46. The standard InChI is InChI=1S/C22H30N4O4/c1-22(29)8-10-26(11-9-22)21(28)24-18-12-16-17(30-3)6-5-15(20(16)23-18)14-4-7-19(27)25(2)13-14/h4,7,13,19,27,29H,5-6,8-12H2,1-3H3,(H,23,24,28). The number of aliphatic hydroxyl groups is 2. The summed E-state index contributed by atoms with van der Waals surface area (Å²) in [4.78, 5) is 21.0. The summed E-state index contributed by atoms with van der Waals surface area (Å²) in [6.45, 7) is 2.86. The molecule has 1 unspecified atom stereocenters. The van der Waals surface area contributed by atoms with Gasteiger partial charge in [0.15, 0.2) is 0 Å². The average Bonchev–Trinajstić information content (AvgIpc) is 3.12. The molecule has 1 saturated heterocycles. The van der Waals surface area contributed by atoms with Crippen molar-refractivity contribution in [3.05, 3.63) is 46.5 Å². The van der Waals surface area contributed by atoms with Crippen molar-refractivity contribution in [3.63, 3.8) is 0 Å². The van der Waals surface area contributed by atoms with Gasteiger partial charge in [-0.15, -0.1) is 0 Å². The van der Waals surface area contributed by atoms with Crippen molar-refractivity contribution in [2.75, 3.05) is 27.2 Å². The number of likely N-dealkylation sites (N-methyl/N-ethyl adjacent to an activating group) is 1. The van der Waals surface area contributed by atoms with Gasteiger partial charge in [0.25, 0.3) is 0 Å². The number of likely N-dealkylation sites (tertiary alicyclic amines) is 1. The monoisotopic (exact) mass is 414 g/mol. The number of aliphatic imine (C=N–C) groups is 1. The Balaban J connectivity index is 1.56. The number of carbonyl (C=O) groups excluding carboxylic acids is 1. The molecule has 30 heavy (non-hydrogen) atoms. The highest BCUT2D eigenvalue weighted by atomic mass is 16.5. The van der Waals surface area contributed by atoms with Crippen LogP contribution in [0, 0.1) is 0 Å². The van der Waals surface area contributed by atoms with Crippen LogP contribution in [0.2, 0.25) is 0 Å². The Labute approximate surface area is 176 Å². The van der Waals surface area contributed by atoms with Gasteiger partial charge in [-0.3, -0.25) is 5.32 Å². The maximum atomic E-state index is 12.7. The molecule has 162 valence electrons. The fraction of sp³-hybridized carbons (Fsp3) is 0.545. The summed E-state index contributed by atoms with van der Waals surface area (Å²) in [6, 6.07) is -0.177. The predicted octanol–water partition coefficient (Wildman–Crippen LogP) is 2.00. The molecule has 1 aliphatic carbocycles. The first-order valence-electron chi connectivity index (χ1n) is 10.4. The third-order valence-corrected chi connectivity index (χ3v) is 6.28. The van der Waals surface area contributed by atoms with E-state index in [4.69, 9.17) is 9.73 Å². The summed E-state index contributed by atoms with van der Waals surface area (Å²) < 4.78 is 5.60. The quantitative estimate of drug-likeness (QED) is 0.642. The summed E-state index contributed by atoms with van der Waals surface area (Å²) in [5, 5.41) is 23.0. The number of amides is 2. The molecule has 0 bridgehead atoms. The first-order chi connectivity index (χ1) is 14.3. The van der Waals surface area contributed by atoms with Crippen LogP contribution in [-0.2, 0) is 4.74 Å². The molecule has 0 radical (unpaired) electrons. The van der Waals surface area contributed by atoms with Gasteiger partial charge in [0.1, 0.15) is 17.8 Å². The van der Waals surface area contributed by atoms with Gasteiger partial charge in [-0.2, -0.15) is 0 Å². The highest BCUT2D eigenvalue weighted by molar-refractivity contribution is 6.01. The molecule has 4 aliphatic rings. The summed E-state index contributed by atoms with van der Waals surface area (Å²) in [7, 11) is 3.50. The van der Waals surface area contributed by atoms with Crippen LogP contribution in [0.5, 0.6) is 0 Å². The van der Waals surface area contributed by atoms with Crippen LogP contribution < -0.4 is 5.32 Å². The number of methoxy groups -OCH3 is 1. The molecule has 3 heterocycles. The van der Waals surface area contributed by atoms with Gasteiger partial charge >= 0.3 is 6.03 Å². The van der Waals surface area contributed by atoms with Crippen LogP contribution in [0.4, 0.5) is 4.79 Å². The van der Waals surface area contributed by atoms with Crippen LogP contribution in [0.1, 0.15) is 39.0 Å². The lowest BCUT2D eigenvalue weighted by molar-refractivity contribution is 0.00483. The van der Waals surface area contributed by atoms with Gasteiger partial charge in [0.2, 0.25) is 0 Å². The minimum Gasteiger partial charge on any atom is -0.501 e. The number of amidine groups is 1. The molecule has 1 atom stereocenters. The predicted molar refractivity (Wildman–Crippen MR) is 113 cm³/mol. The van der Waals surface area contributed by atoms with Crippen molar-refractivity contribution in [1.82, 2.24) is 15.1 Å². The van der Waals surface area contributed by atoms with Gasteiger partial charge in [-0.25, -0.2) is 9.79 Å². The molecule has 0 saturated carbocycles. The van der Waals surface area contributed by atoms with Crippen LogP contribution >= 0.6 is 0 Å². The Hall–Kier alpha value is -2.58. The van der Waals surface area contributed by atoms with E-state index in [1.807, 2.05) is 26.2 Å². The molecule has 8 heteroatoms. The van der Waals surface area contributed by atoms with E-state index < -0.39 is 11.8 Å². The number of nitrogens with zero attached hydrogens (tertiary/aromatic N) is 3. The minimum absolute atomic E-state index is 0.177. The molecular weight excluding hydrogens is 384 g/mol. The van der Waals surface area contributed by atoms with Gasteiger partial charge in [0, 0.05) is 44.8 Å². The molecule has 0 aromatic heterocycles. The molecule has 4 rings (SSSR count). The fourth-order valence-corrected chi connectivity index (χ4v) is 4.30. The number of hydrogen-bond acceptors (Lipinski definition) is 6. The summed E-state index contributed by atoms with van der Waals surface area (Å²) >= 11 is 0. The Morgan fingerprint density at radius 3 is 2.70 bits per heavy atom. The number of hydrogen-bond donors (Lipinski definition) is 3. The maximum Gasteiger partial charge on any atom is 0.322 e. The van der Waals surface area contributed by atoms with Crippen LogP contribution in [0.3, 0.4) is 0 Å². The van der Waals surface area contributed by atoms with Crippen molar-refractivity contribution in [1.29, 1.82) is 0 Å². The molecule has 0 aromatic rings. The number of fused-ring (bicyclic) bond motifs is 1. The molecule has 1 fully saturated rings.